The van der Waals surface area contributed by atoms with Crippen LogP contribution in [0.4, 0.5) is 13.2 Å². The maximum atomic E-state index is 12.0. The Morgan fingerprint density at radius 2 is 1.74 bits per heavy atom. The number of hydrogen-bond donors (Lipinski definition) is 2. The molecule has 19 heavy (non-hydrogen) atoms. The minimum atomic E-state index is -4.67. The van der Waals surface area contributed by atoms with Gasteiger partial charge in [0, 0.05) is 0 Å². The van der Waals surface area contributed by atoms with E-state index in [4.69, 9.17) is 14.9 Å². The van der Waals surface area contributed by atoms with Crippen LogP contribution in [0.3, 0.4) is 0 Å². The Bertz CT molecular complexity index is 374. The summed E-state index contributed by atoms with van der Waals surface area (Å²) in [4.78, 5) is 0. The molecule has 0 fully saturated rings. The number of halogens is 3. The SMILES string of the molecule is CC(O)CCc1ccc(OCC(O)C(F)(F)F)cc1. The van der Waals surface area contributed by atoms with Gasteiger partial charge in [0.25, 0.3) is 0 Å². The lowest BCUT2D eigenvalue weighted by Gasteiger charge is -2.15. The normalized spacial score (nSPS) is 15.1. The topological polar surface area (TPSA) is 49.7 Å². The number of alkyl halides is 3. The minimum absolute atomic E-state index is 0.268. The molecule has 2 N–H and O–H groups in total. The molecule has 0 aromatic heterocycles. The molecular weight excluding hydrogens is 261 g/mol. The molecular formula is C13H17F3O3. The zero-order chi connectivity index (χ0) is 14.5. The van der Waals surface area contributed by atoms with Gasteiger partial charge in [0.2, 0.25) is 0 Å². The molecule has 0 amide bonds. The first kappa shape index (κ1) is 15.8. The fraction of sp³-hybridized carbons (Fsp3) is 0.538. The average Bonchev–Trinajstić information content (AvgIpc) is 2.33. The summed E-state index contributed by atoms with van der Waals surface area (Å²) in [5.74, 6) is 0.268. The third kappa shape index (κ3) is 5.94. The van der Waals surface area contributed by atoms with Crippen molar-refractivity contribution in [2.75, 3.05) is 6.61 Å². The van der Waals surface area contributed by atoms with E-state index in [0.717, 1.165) is 5.56 Å². The molecule has 0 aliphatic heterocycles. The van der Waals surface area contributed by atoms with E-state index in [-0.39, 0.29) is 5.75 Å². The van der Waals surface area contributed by atoms with Crippen LogP contribution in [-0.4, -0.2) is 35.2 Å². The Balaban J connectivity index is 2.44. The van der Waals surface area contributed by atoms with Gasteiger partial charge in [0.1, 0.15) is 12.4 Å². The second-order valence-electron chi connectivity index (χ2n) is 4.40. The van der Waals surface area contributed by atoms with Gasteiger partial charge in [-0.1, -0.05) is 12.1 Å². The highest BCUT2D eigenvalue weighted by Crippen LogP contribution is 2.21. The van der Waals surface area contributed by atoms with Crippen molar-refractivity contribution >= 4 is 0 Å². The first-order chi connectivity index (χ1) is 8.79. The van der Waals surface area contributed by atoms with Crippen molar-refractivity contribution in [3.8, 4) is 5.75 Å². The van der Waals surface area contributed by atoms with Gasteiger partial charge in [-0.3, -0.25) is 0 Å². The molecule has 0 bridgehead atoms. The summed E-state index contributed by atoms with van der Waals surface area (Å²) < 4.78 is 41.0. The van der Waals surface area contributed by atoms with Gasteiger partial charge in [0.05, 0.1) is 6.10 Å². The molecule has 0 heterocycles. The fourth-order valence-electron chi connectivity index (χ4n) is 1.40. The summed E-state index contributed by atoms with van der Waals surface area (Å²) in [7, 11) is 0. The highest BCUT2D eigenvalue weighted by molar-refractivity contribution is 5.27. The molecule has 0 saturated heterocycles. The van der Waals surface area contributed by atoms with E-state index >= 15 is 0 Å². The molecule has 0 spiro atoms. The van der Waals surface area contributed by atoms with E-state index in [0.29, 0.717) is 12.8 Å². The van der Waals surface area contributed by atoms with E-state index in [2.05, 4.69) is 0 Å². The quantitative estimate of drug-likeness (QED) is 0.839. The van der Waals surface area contributed by atoms with Crippen molar-refractivity contribution < 1.29 is 28.1 Å². The van der Waals surface area contributed by atoms with Gasteiger partial charge in [-0.15, -0.1) is 0 Å². The number of ether oxygens (including phenoxy) is 1. The first-order valence-corrected chi connectivity index (χ1v) is 5.93. The van der Waals surface area contributed by atoms with Crippen LogP contribution in [0.2, 0.25) is 0 Å². The number of aliphatic hydroxyl groups excluding tert-OH is 2. The second-order valence-corrected chi connectivity index (χ2v) is 4.40. The number of rotatable bonds is 6. The molecule has 0 saturated carbocycles. The van der Waals surface area contributed by atoms with Crippen molar-refractivity contribution in [1.82, 2.24) is 0 Å². The van der Waals surface area contributed by atoms with Crippen LogP contribution in [0.25, 0.3) is 0 Å². The molecule has 2 atom stereocenters. The van der Waals surface area contributed by atoms with Gasteiger partial charge in [-0.05, 0) is 37.5 Å². The molecule has 108 valence electrons. The van der Waals surface area contributed by atoms with Crippen LogP contribution in [-0.2, 0) is 6.42 Å². The lowest BCUT2D eigenvalue weighted by atomic mass is 10.1. The molecule has 0 aliphatic rings. The highest BCUT2D eigenvalue weighted by Gasteiger charge is 2.38. The van der Waals surface area contributed by atoms with Gasteiger partial charge >= 0.3 is 6.18 Å². The summed E-state index contributed by atoms with van der Waals surface area (Å²) in [6.45, 7) is 0.868. The fourth-order valence-corrected chi connectivity index (χ4v) is 1.40. The van der Waals surface area contributed by atoms with Crippen LogP contribution >= 0.6 is 0 Å². The highest BCUT2D eigenvalue weighted by atomic mass is 19.4. The molecule has 1 rings (SSSR count). The third-order valence-electron chi connectivity index (χ3n) is 2.56. The van der Waals surface area contributed by atoms with Crippen LogP contribution in [0.1, 0.15) is 18.9 Å². The monoisotopic (exact) mass is 278 g/mol. The van der Waals surface area contributed by atoms with Crippen molar-refractivity contribution in [1.29, 1.82) is 0 Å². The summed E-state index contributed by atoms with van der Waals surface area (Å²) >= 11 is 0. The average molecular weight is 278 g/mol. The van der Waals surface area contributed by atoms with Gasteiger partial charge < -0.3 is 14.9 Å². The maximum absolute atomic E-state index is 12.0. The summed E-state index contributed by atoms with van der Waals surface area (Å²) in [5, 5.41) is 17.9. The number of aryl methyl sites for hydroxylation is 1. The molecule has 1 aromatic carbocycles. The van der Waals surface area contributed by atoms with E-state index in [1.165, 1.54) is 0 Å². The smallest absolute Gasteiger partial charge is 0.417 e. The van der Waals surface area contributed by atoms with E-state index in [1.807, 2.05) is 0 Å². The van der Waals surface area contributed by atoms with Gasteiger partial charge in [0.15, 0.2) is 6.10 Å². The van der Waals surface area contributed by atoms with E-state index < -0.39 is 25.0 Å². The zero-order valence-electron chi connectivity index (χ0n) is 10.5. The van der Waals surface area contributed by atoms with Gasteiger partial charge in [-0.25, -0.2) is 0 Å². The van der Waals surface area contributed by atoms with Crippen LogP contribution in [0.15, 0.2) is 24.3 Å². The Morgan fingerprint density at radius 1 is 1.16 bits per heavy atom. The maximum Gasteiger partial charge on any atom is 0.417 e. The summed E-state index contributed by atoms with van der Waals surface area (Å²) in [6.07, 6.45) is -6.24. The molecule has 1 aromatic rings. The number of aliphatic hydroxyl groups is 2. The molecule has 2 unspecified atom stereocenters. The second kappa shape index (κ2) is 6.77. The first-order valence-electron chi connectivity index (χ1n) is 5.93. The van der Waals surface area contributed by atoms with Crippen molar-refractivity contribution in [2.45, 2.75) is 38.1 Å². The zero-order valence-corrected chi connectivity index (χ0v) is 10.5. The number of benzene rings is 1. The largest absolute Gasteiger partial charge is 0.491 e. The van der Waals surface area contributed by atoms with Crippen LogP contribution in [0.5, 0.6) is 5.75 Å². The molecule has 6 heteroatoms. The van der Waals surface area contributed by atoms with E-state index in [1.54, 1.807) is 31.2 Å². The predicted molar refractivity (Wildman–Crippen MR) is 64.0 cm³/mol. The third-order valence-corrected chi connectivity index (χ3v) is 2.56. The van der Waals surface area contributed by atoms with Crippen LogP contribution in [0, 0.1) is 0 Å². The van der Waals surface area contributed by atoms with Crippen molar-refractivity contribution in [2.24, 2.45) is 0 Å². The Hall–Kier alpha value is -1.27. The molecule has 0 aliphatic carbocycles. The molecule has 3 nitrogen and oxygen atoms in total. The van der Waals surface area contributed by atoms with Crippen molar-refractivity contribution in [3.05, 3.63) is 29.8 Å². The lowest BCUT2D eigenvalue weighted by molar-refractivity contribution is -0.210. The van der Waals surface area contributed by atoms with Crippen LogP contribution < -0.4 is 4.74 Å². The summed E-state index contributed by atoms with van der Waals surface area (Å²) in [5.41, 5.74) is 0.963. The van der Waals surface area contributed by atoms with E-state index in [9.17, 15) is 13.2 Å². The Labute approximate surface area is 109 Å². The predicted octanol–water partition coefficient (Wildman–Crippen LogP) is 2.30. The van der Waals surface area contributed by atoms with Crippen molar-refractivity contribution in [3.63, 3.8) is 0 Å². The minimum Gasteiger partial charge on any atom is -0.491 e. The summed E-state index contributed by atoms with van der Waals surface area (Å²) in [6, 6.07) is 6.52. The Morgan fingerprint density at radius 3 is 2.21 bits per heavy atom. The Kier molecular flexibility index (Phi) is 5.62. The molecule has 0 radical (unpaired) electrons. The number of hydrogen-bond acceptors (Lipinski definition) is 3. The van der Waals surface area contributed by atoms with Gasteiger partial charge in [-0.2, -0.15) is 13.2 Å². The standard InChI is InChI=1S/C13H17F3O3/c1-9(17)2-3-10-4-6-11(7-5-10)19-8-12(18)13(14,15)16/h4-7,9,12,17-18H,2-3,8H2,1H3. The lowest BCUT2D eigenvalue weighted by Crippen LogP contribution is -2.34.